The number of urea groups is 1. The van der Waals surface area contributed by atoms with Gasteiger partial charge in [0.2, 0.25) is 0 Å². The van der Waals surface area contributed by atoms with Crippen LogP contribution in [0.1, 0.15) is 6.92 Å². The number of benzene rings is 2. The van der Waals surface area contributed by atoms with Crippen LogP contribution in [-0.4, -0.2) is 17.6 Å². The maximum Gasteiger partial charge on any atom is 0.319 e. The third-order valence-corrected chi connectivity index (χ3v) is 4.17. The van der Waals surface area contributed by atoms with Crippen molar-refractivity contribution in [3.8, 4) is 21.8 Å². The third-order valence-electron chi connectivity index (χ3n) is 3.28. The fraction of sp³-hybridized carbons (Fsp3) is 0.111. The number of thiazole rings is 1. The number of hydrogen-bond donors (Lipinski definition) is 2. The molecule has 2 N–H and O–H groups in total. The molecule has 0 fully saturated rings. The molecule has 0 spiro atoms. The zero-order chi connectivity index (χ0) is 16.1. The zero-order valence-electron chi connectivity index (χ0n) is 12.7. The molecule has 2 amide bonds. The highest BCUT2D eigenvalue weighted by molar-refractivity contribution is 7.13. The number of anilines is 1. The molecule has 0 aliphatic heterocycles. The summed E-state index contributed by atoms with van der Waals surface area (Å²) in [4.78, 5) is 16.3. The SMILES string of the molecule is CCNC(=O)Nc1cccc(-c2csc(-c3ccccc3)n2)c1. The lowest BCUT2D eigenvalue weighted by atomic mass is 10.1. The maximum absolute atomic E-state index is 11.6. The van der Waals surface area contributed by atoms with E-state index in [0.717, 1.165) is 27.5 Å². The van der Waals surface area contributed by atoms with Gasteiger partial charge in [-0.2, -0.15) is 0 Å². The van der Waals surface area contributed by atoms with Crippen molar-refractivity contribution in [3.05, 3.63) is 60.0 Å². The van der Waals surface area contributed by atoms with Gasteiger partial charge in [0, 0.05) is 28.7 Å². The van der Waals surface area contributed by atoms with Crippen molar-refractivity contribution in [2.45, 2.75) is 6.92 Å². The van der Waals surface area contributed by atoms with E-state index in [4.69, 9.17) is 4.98 Å². The average molecular weight is 323 g/mol. The van der Waals surface area contributed by atoms with Crippen LogP contribution < -0.4 is 10.6 Å². The number of nitrogens with zero attached hydrogens (tertiary/aromatic N) is 1. The van der Waals surface area contributed by atoms with Gasteiger partial charge >= 0.3 is 6.03 Å². The molecule has 0 unspecified atom stereocenters. The Balaban J connectivity index is 1.82. The van der Waals surface area contributed by atoms with E-state index in [1.54, 1.807) is 11.3 Å². The van der Waals surface area contributed by atoms with Crippen LogP contribution in [-0.2, 0) is 0 Å². The first kappa shape index (κ1) is 15.2. The van der Waals surface area contributed by atoms with E-state index >= 15 is 0 Å². The Labute approximate surface area is 139 Å². The molecular formula is C18H17N3OS. The Morgan fingerprint density at radius 1 is 1.09 bits per heavy atom. The molecule has 3 aromatic rings. The number of aromatic nitrogens is 1. The summed E-state index contributed by atoms with van der Waals surface area (Å²) in [5.41, 5.74) is 3.76. The first-order valence-corrected chi connectivity index (χ1v) is 8.30. The molecule has 0 bridgehead atoms. The minimum atomic E-state index is -0.201. The molecule has 23 heavy (non-hydrogen) atoms. The summed E-state index contributed by atoms with van der Waals surface area (Å²) >= 11 is 1.61. The normalized spacial score (nSPS) is 10.3. The highest BCUT2D eigenvalue weighted by Crippen LogP contribution is 2.29. The standard InChI is InChI=1S/C18H17N3OS/c1-2-19-18(22)20-15-10-6-9-14(11-15)16-12-23-17(21-16)13-7-4-3-5-8-13/h3-12H,2H2,1H3,(H2,19,20,22). The summed E-state index contributed by atoms with van der Waals surface area (Å²) in [6.07, 6.45) is 0. The van der Waals surface area contributed by atoms with Crippen LogP contribution in [0.2, 0.25) is 0 Å². The molecule has 0 saturated heterocycles. The smallest absolute Gasteiger partial charge is 0.319 e. The van der Waals surface area contributed by atoms with Crippen LogP contribution in [0.15, 0.2) is 60.0 Å². The van der Waals surface area contributed by atoms with Crippen LogP contribution in [0.4, 0.5) is 10.5 Å². The first-order chi connectivity index (χ1) is 11.3. The Morgan fingerprint density at radius 3 is 2.65 bits per heavy atom. The Morgan fingerprint density at radius 2 is 1.87 bits per heavy atom. The van der Waals surface area contributed by atoms with Gasteiger partial charge in [-0.25, -0.2) is 9.78 Å². The van der Waals surface area contributed by atoms with E-state index in [9.17, 15) is 4.79 Å². The number of hydrogen-bond acceptors (Lipinski definition) is 3. The van der Waals surface area contributed by atoms with Crippen LogP contribution in [0.5, 0.6) is 0 Å². The number of carbonyl (C=O) groups is 1. The van der Waals surface area contributed by atoms with Crippen molar-refractivity contribution in [1.29, 1.82) is 0 Å². The summed E-state index contributed by atoms with van der Waals surface area (Å²) < 4.78 is 0. The quantitative estimate of drug-likeness (QED) is 0.736. The third kappa shape index (κ3) is 3.76. The second-order valence-corrected chi connectivity index (χ2v) is 5.83. The van der Waals surface area contributed by atoms with E-state index in [-0.39, 0.29) is 6.03 Å². The highest BCUT2D eigenvalue weighted by atomic mass is 32.1. The van der Waals surface area contributed by atoms with E-state index in [1.807, 2.05) is 54.8 Å². The maximum atomic E-state index is 11.6. The monoisotopic (exact) mass is 323 g/mol. The summed E-state index contributed by atoms with van der Waals surface area (Å²) in [6.45, 7) is 2.48. The van der Waals surface area contributed by atoms with Crippen molar-refractivity contribution in [2.75, 3.05) is 11.9 Å². The molecule has 0 saturated carbocycles. The predicted molar refractivity (Wildman–Crippen MR) is 95.7 cm³/mol. The van der Waals surface area contributed by atoms with E-state index in [1.165, 1.54) is 0 Å². The molecule has 116 valence electrons. The molecule has 0 atom stereocenters. The summed E-state index contributed by atoms with van der Waals surface area (Å²) in [5.74, 6) is 0. The van der Waals surface area contributed by atoms with E-state index in [2.05, 4.69) is 22.8 Å². The zero-order valence-corrected chi connectivity index (χ0v) is 13.6. The van der Waals surface area contributed by atoms with Gasteiger partial charge in [-0.15, -0.1) is 11.3 Å². The van der Waals surface area contributed by atoms with Gasteiger partial charge in [0.05, 0.1) is 5.69 Å². The highest BCUT2D eigenvalue weighted by Gasteiger charge is 2.08. The molecule has 1 heterocycles. The topological polar surface area (TPSA) is 54.0 Å². The molecule has 4 nitrogen and oxygen atoms in total. The summed E-state index contributed by atoms with van der Waals surface area (Å²) in [7, 11) is 0. The second-order valence-electron chi connectivity index (χ2n) is 4.97. The minimum absolute atomic E-state index is 0.201. The van der Waals surface area contributed by atoms with Crippen LogP contribution in [0, 0.1) is 0 Å². The lowest BCUT2D eigenvalue weighted by Crippen LogP contribution is -2.28. The lowest BCUT2D eigenvalue weighted by Gasteiger charge is -2.06. The number of carbonyl (C=O) groups excluding carboxylic acids is 1. The largest absolute Gasteiger partial charge is 0.338 e. The van der Waals surface area contributed by atoms with Gasteiger partial charge in [0.25, 0.3) is 0 Å². The Kier molecular flexibility index (Phi) is 4.68. The van der Waals surface area contributed by atoms with Gasteiger partial charge < -0.3 is 10.6 Å². The Hall–Kier alpha value is -2.66. The second kappa shape index (κ2) is 7.07. The van der Waals surface area contributed by atoms with E-state index in [0.29, 0.717) is 6.54 Å². The van der Waals surface area contributed by atoms with Crippen molar-refractivity contribution in [1.82, 2.24) is 10.3 Å². The van der Waals surface area contributed by atoms with Gasteiger partial charge in [-0.1, -0.05) is 42.5 Å². The van der Waals surface area contributed by atoms with Crippen molar-refractivity contribution >= 4 is 23.1 Å². The van der Waals surface area contributed by atoms with E-state index < -0.39 is 0 Å². The van der Waals surface area contributed by atoms with Gasteiger partial charge in [0.1, 0.15) is 5.01 Å². The molecule has 0 aliphatic rings. The summed E-state index contributed by atoms with van der Waals surface area (Å²) in [6, 6.07) is 17.6. The molecular weight excluding hydrogens is 306 g/mol. The summed E-state index contributed by atoms with van der Waals surface area (Å²) in [5, 5.41) is 8.56. The van der Waals surface area contributed by atoms with Gasteiger partial charge in [0.15, 0.2) is 0 Å². The van der Waals surface area contributed by atoms with Crippen LogP contribution in [0.25, 0.3) is 21.8 Å². The number of nitrogens with one attached hydrogen (secondary N) is 2. The predicted octanol–water partition coefficient (Wildman–Crippen LogP) is 4.62. The molecule has 0 aliphatic carbocycles. The average Bonchev–Trinajstić information content (AvgIpc) is 3.06. The fourth-order valence-corrected chi connectivity index (χ4v) is 3.05. The number of rotatable bonds is 4. The molecule has 3 rings (SSSR count). The molecule has 5 heteroatoms. The number of amides is 2. The van der Waals surface area contributed by atoms with Crippen LogP contribution >= 0.6 is 11.3 Å². The molecule has 1 aromatic heterocycles. The van der Waals surface area contributed by atoms with Crippen LogP contribution in [0.3, 0.4) is 0 Å². The van der Waals surface area contributed by atoms with Crippen molar-refractivity contribution in [3.63, 3.8) is 0 Å². The minimum Gasteiger partial charge on any atom is -0.338 e. The van der Waals surface area contributed by atoms with Crippen molar-refractivity contribution in [2.24, 2.45) is 0 Å². The lowest BCUT2D eigenvalue weighted by molar-refractivity contribution is 0.252. The molecule has 0 radical (unpaired) electrons. The van der Waals surface area contributed by atoms with Gasteiger partial charge in [-0.3, -0.25) is 0 Å². The van der Waals surface area contributed by atoms with Crippen molar-refractivity contribution < 1.29 is 4.79 Å². The Bertz CT molecular complexity index is 799. The molecule has 2 aromatic carbocycles. The first-order valence-electron chi connectivity index (χ1n) is 7.42. The van der Waals surface area contributed by atoms with Gasteiger partial charge in [-0.05, 0) is 19.1 Å². The fourth-order valence-electron chi connectivity index (χ4n) is 2.21.